The maximum Gasteiger partial charge on any atom is 0.326 e. The molecule has 0 saturated heterocycles. The molecule has 0 aliphatic carbocycles. The van der Waals surface area contributed by atoms with Crippen LogP contribution in [0.25, 0.3) is 16.5 Å². The summed E-state index contributed by atoms with van der Waals surface area (Å²) in [6, 6.07) is 15.9. The largest absolute Gasteiger partial charge is 0.480 e. The normalized spacial score (nSPS) is 12.2. The Morgan fingerprint density at radius 3 is 2.26 bits per heavy atom. The Labute approximate surface area is 246 Å². The molecule has 0 aliphatic rings. The minimum absolute atomic E-state index is 0.161. The second-order valence-corrected chi connectivity index (χ2v) is 11.6. The first-order chi connectivity index (χ1) is 20.0. The van der Waals surface area contributed by atoms with E-state index in [-0.39, 0.29) is 11.3 Å². The minimum atomic E-state index is -4.26. The Bertz CT molecular complexity index is 1900. The molecule has 4 aromatic carbocycles. The number of sulfonamides is 1. The molecule has 5 aromatic rings. The summed E-state index contributed by atoms with van der Waals surface area (Å²) in [5.41, 5.74) is -0.395. The Morgan fingerprint density at radius 1 is 0.976 bits per heavy atom. The van der Waals surface area contributed by atoms with Crippen molar-refractivity contribution < 1.29 is 31.9 Å². The van der Waals surface area contributed by atoms with Gasteiger partial charge in [-0.1, -0.05) is 46.3 Å². The highest BCUT2D eigenvalue weighted by atomic mass is 79.9. The zero-order valence-corrected chi connectivity index (χ0v) is 23.7. The maximum absolute atomic E-state index is 15.0. The average Bonchev–Trinajstić information content (AvgIpc) is 3.49. The SMILES string of the molecule is O=C(N[C@@H](Cc1ccc(Br)c2ccccc12)C(=O)O)c1c(F)cc(NS(=O)(=O)c2ccc(-n3cncn3)cc2)cc1F. The summed E-state index contributed by atoms with van der Waals surface area (Å²) in [6.45, 7) is 0. The molecule has 0 saturated carbocycles. The molecule has 42 heavy (non-hydrogen) atoms. The number of carbonyl (C=O) groups excluding carboxylic acids is 1. The van der Waals surface area contributed by atoms with Crippen LogP contribution in [-0.2, 0) is 21.2 Å². The van der Waals surface area contributed by atoms with E-state index in [0.29, 0.717) is 23.4 Å². The lowest BCUT2D eigenvalue weighted by Crippen LogP contribution is -2.43. The van der Waals surface area contributed by atoms with Crippen LogP contribution in [0.3, 0.4) is 0 Å². The number of nitrogens with zero attached hydrogens (tertiary/aromatic N) is 3. The fraction of sp³-hybridized carbons (Fsp3) is 0.0714. The number of carboxylic acids is 1. The minimum Gasteiger partial charge on any atom is -0.480 e. The molecule has 10 nitrogen and oxygen atoms in total. The number of aliphatic carboxylic acids is 1. The number of amides is 1. The number of benzene rings is 4. The van der Waals surface area contributed by atoms with E-state index >= 15 is 0 Å². The zero-order chi connectivity index (χ0) is 30.0. The summed E-state index contributed by atoms with van der Waals surface area (Å²) in [4.78, 5) is 28.4. The second-order valence-electron chi connectivity index (χ2n) is 9.07. The molecule has 0 spiro atoms. The third kappa shape index (κ3) is 5.99. The summed E-state index contributed by atoms with van der Waals surface area (Å²) >= 11 is 3.44. The van der Waals surface area contributed by atoms with Gasteiger partial charge >= 0.3 is 5.97 Å². The number of hydrogen-bond acceptors (Lipinski definition) is 6. The van der Waals surface area contributed by atoms with E-state index in [9.17, 15) is 31.9 Å². The quantitative estimate of drug-likeness (QED) is 0.209. The van der Waals surface area contributed by atoms with Crippen LogP contribution in [0.2, 0.25) is 0 Å². The monoisotopic (exact) mass is 655 g/mol. The Balaban J connectivity index is 1.34. The zero-order valence-electron chi connectivity index (χ0n) is 21.3. The number of halogens is 3. The number of hydrogen-bond donors (Lipinski definition) is 3. The number of carboxylic acid groups (broad SMARTS) is 1. The predicted molar refractivity (Wildman–Crippen MR) is 153 cm³/mol. The van der Waals surface area contributed by atoms with Crippen LogP contribution in [0, 0.1) is 11.6 Å². The highest BCUT2D eigenvalue weighted by Crippen LogP contribution is 2.28. The first-order valence-electron chi connectivity index (χ1n) is 12.2. The van der Waals surface area contributed by atoms with Gasteiger partial charge in [-0.25, -0.2) is 31.7 Å². The molecule has 0 fully saturated rings. The van der Waals surface area contributed by atoms with E-state index in [0.717, 1.165) is 15.2 Å². The lowest BCUT2D eigenvalue weighted by molar-refractivity contribution is -0.139. The fourth-order valence-electron chi connectivity index (χ4n) is 4.34. The van der Waals surface area contributed by atoms with Crippen molar-refractivity contribution in [3.63, 3.8) is 0 Å². The molecule has 214 valence electrons. The molecule has 0 radical (unpaired) electrons. The molecular weight excluding hydrogens is 636 g/mol. The molecule has 3 N–H and O–H groups in total. The van der Waals surface area contributed by atoms with E-state index in [4.69, 9.17) is 0 Å². The molecule has 14 heteroatoms. The molecule has 0 bridgehead atoms. The number of aromatic nitrogens is 3. The molecule has 1 aromatic heterocycles. The van der Waals surface area contributed by atoms with Crippen molar-refractivity contribution in [1.82, 2.24) is 20.1 Å². The smallest absolute Gasteiger partial charge is 0.326 e. The highest BCUT2D eigenvalue weighted by molar-refractivity contribution is 9.10. The van der Waals surface area contributed by atoms with Gasteiger partial charge in [-0.3, -0.25) is 9.52 Å². The van der Waals surface area contributed by atoms with Gasteiger partial charge in [0, 0.05) is 10.9 Å². The second kappa shape index (κ2) is 11.7. The van der Waals surface area contributed by atoms with E-state index in [2.05, 4.69) is 36.1 Å². The summed E-state index contributed by atoms with van der Waals surface area (Å²) < 4.78 is 59.9. The van der Waals surface area contributed by atoms with Gasteiger partial charge in [0.1, 0.15) is 35.9 Å². The Hall–Kier alpha value is -4.69. The molecule has 0 aliphatic heterocycles. The number of rotatable bonds is 9. The van der Waals surface area contributed by atoms with Gasteiger partial charge in [-0.2, -0.15) is 5.10 Å². The third-order valence-corrected chi connectivity index (χ3v) is 8.43. The van der Waals surface area contributed by atoms with Gasteiger partial charge in [0.2, 0.25) is 0 Å². The summed E-state index contributed by atoms with van der Waals surface area (Å²) in [7, 11) is -4.26. The molecule has 5 rings (SSSR count). The Morgan fingerprint density at radius 2 is 1.64 bits per heavy atom. The molecule has 0 unspecified atom stereocenters. The predicted octanol–water partition coefficient (Wildman–Crippen LogP) is 4.69. The number of fused-ring (bicyclic) bond motifs is 1. The van der Waals surface area contributed by atoms with Crippen molar-refractivity contribution >= 4 is 54.3 Å². The van der Waals surface area contributed by atoms with Gasteiger partial charge in [0.05, 0.1) is 16.3 Å². The van der Waals surface area contributed by atoms with Crippen molar-refractivity contribution in [2.24, 2.45) is 0 Å². The van der Waals surface area contributed by atoms with E-state index in [1.54, 1.807) is 24.3 Å². The van der Waals surface area contributed by atoms with Crippen molar-refractivity contribution in [2.75, 3.05) is 4.72 Å². The van der Waals surface area contributed by atoms with E-state index < -0.39 is 50.8 Å². The van der Waals surface area contributed by atoms with Crippen LogP contribution < -0.4 is 10.0 Å². The standard InChI is InChI=1S/C28H20BrF2N5O5S/c29-22-10-5-16(20-3-1-2-4-21(20)22)11-25(28(38)39)34-27(37)26-23(30)12-17(13-24(26)31)35-42(40,41)19-8-6-18(7-9-19)36-15-32-14-33-36/h1-10,12-15,25,35H,11H2,(H,34,37)(H,38,39)/t25-/m0/s1. The lowest BCUT2D eigenvalue weighted by atomic mass is 9.98. The fourth-order valence-corrected chi connectivity index (χ4v) is 5.85. The third-order valence-electron chi connectivity index (χ3n) is 6.34. The van der Waals surface area contributed by atoms with Crippen LogP contribution in [-0.4, -0.2) is 46.2 Å². The van der Waals surface area contributed by atoms with E-state index in [1.807, 2.05) is 12.1 Å². The molecule has 1 heterocycles. The molecule has 1 atom stereocenters. The summed E-state index contributed by atoms with van der Waals surface area (Å²) in [6.07, 6.45) is 2.57. The highest BCUT2D eigenvalue weighted by Gasteiger charge is 2.27. The van der Waals surface area contributed by atoms with Crippen LogP contribution >= 0.6 is 15.9 Å². The Kier molecular flexibility index (Phi) is 8.00. The van der Waals surface area contributed by atoms with Crippen LogP contribution in [0.5, 0.6) is 0 Å². The van der Waals surface area contributed by atoms with Gasteiger partial charge in [-0.05, 0) is 58.8 Å². The van der Waals surface area contributed by atoms with Crippen molar-refractivity contribution in [2.45, 2.75) is 17.4 Å². The summed E-state index contributed by atoms with van der Waals surface area (Å²) in [5, 5.41) is 17.4. The van der Waals surface area contributed by atoms with Gasteiger partial charge < -0.3 is 10.4 Å². The van der Waals surface area contributed by atoms with Crippen molar-refractivity contribution in [3.05, 3.63) is 113 Å². The van der Waals surface area contributed by atoms with Crippen LogP contribution in [0.1, 0.15) is 15.9 Å². The number of nitrogens with one attached hydrogen (secondary N) is 2. The van der Waals surface area contributed by atoms with Crippen LogP contribution in [0.15, 0.2) is 94.8 Å². The summed E-state index contributed by atoms with van der Waals surface area (Å²) in [5.74, 6) is -5.48. The average molecular weight is 656 g/mol. The van der Waals surface area contributed by atoms with Gasteiger partial charge in [0.15, 0.2) is 0 Å². The van der Waals surface area contributed by atoms with Crippen molar-refractivity contribution in [3.8, 4) is 5.69 Å². The van der Waals surface area contributed by atoms with Gasteiger partial charge in [-0.15, -0.1) is 0 Å². The first-order valence-corrected chi connectivity index (χ1v) is 14.5. The maximum atomic E-state index is 15.0. The topological polar surface area (TPSA) is 143 Å². The number of anilines is 1. The van der Waals surface area contributed by atoms with Crippen molar-refractivity contribution in [1.29, 1.82) is 0 Å². The first kappa shape index (κ1) is 28.8. The van der Waals surface area contributed by atoms with Gasteiger partial charge in [0.25, 0.3) is 15.9 Å². The lowest BCUT2D eigenvalue weighted by Gasteiger charge is -2.17. The molecule has 1 amide bonds. The molecular formula is C28H20BrF2N5O5S. The number of carbonyl (C=O) groups is 2. The van der Waals surface area contributed by atoms with Crippen LogP contribution in [0.4, 0.5) is 14.5 Å². The van der Waals surface area contributed by atoms with E-state index in [1.165, 1.54) is 41.6 Å².